The number of carbonyl (C=O) groups excluding carboxylic acids is 1. The second kappa shape index (κ2) is 5.66. The van der Waals surface area contributed by atoms with Gasteiger partial charge in [0, 0.05) is 11.4 Å². The van der Waals surface area contributed by atoms with E-state index in [4.69, 9.17) is 5.73 Å². The molecule has 0 saturated carbocycles. The standard InChI is InChI=1S/C12H12N4O3S/c1-7-2-3-10(16(18)19)9(4-7)15-11(17)5-8-6-20-12(13)14-8/h2-4,6H,5H2,1H3,(H2,13,14)(H,15,17). The molecular weight excluding hydrogens is 280 g/mol. The van der Waals surface area contributed by atoms with Crippen molar-refractivity contribution in [2.75, 3.05) is 11.1 Å². The Balaban J connectivity index is 2.15. The summed E-state index contributed by atoms with van der Waals surface area (Å²) >= 11 is 1.24. The number of carbonyl (C=O) groups is 1. The lowest BCUT2D eigenvalue weighted by Crippen LogP contribution is -2.15. The largest absolute Gasteiger partial charge is 0.375 e. The predicted octanol–water partition coefficient (Wildman–Crippen LogP) is 2.12. The zero-order valence-corrected chi connectivity index (χ0v) is 11.4. The minimum atomic E-state index is -0.532. The molecule has 0 spiro atoms. The van der Waals surface area contributed by atoms with Crippen LogP contribution in [0.3, 0.4) is 0 Å². The van der Waals surface area contributed by atoms with E-state index in [9.17, 15) is 14.9 Å². The summed E-state index contributed by atoms with van der Waals surface area (Å²) in [7, 11) is 0. The fourth-order valence-corrected chi connectivity index (χ4v) is 2.23. The van der Waals surface area contributed by atoms with Crippen molar-refractivity contribution in [2.45, 2.75) is 13.3 Å². The Kier molecular flexibility index (Phi) is 3.94. The molecule has 3 N–H and O–H groups in total. The molecule has 0 saturated heterocycles. The zero-order chi connectivity index (χ0) is 14.7. The van der Waals surface area contributed by atoms with Crippen LogP contribution in [0.1, 0.15) is 11.3 Å². The van der Waals surface area contributed by atoms with Gasteiger partial charge in [-0.2, -0.15) is 0 Å². The van der Waals surface area contributed by atoms with Crippen molar-refractivity contribution in [3.8, 4) is 0 Å². The summed E-state index contributed by atoms with van der Waals surface area (Å²) < 4.78 is 0. The van der Waals surface area contributed by atoms with Crippen LogP contribution in [0.15, 0.2) is 23.6 Å². The highest BCUT2D eigenvalue weighted by molar-refractivity contribution is 7.13. The molecule has 104 valence electrons. The van der Waals surface area contributed by atoms with Crippen molar-refractivity contribution in [3.63, 3.8) is 0 Å². The molecule has 1 aromatic carbocycles. The first-order valence-corrected chi connectivity index (χ1v) is 6.58. The van der Waals surface area contributed by atoms with Crippen LogP contribution in [0.4, 0.5) is 16.5 Å². The van der Waals surface area contributed by atoms with E-state index in [1.807, 2.05) is 0 Å². The van der Waals surface area contributed by atoms with Gasteiger partial charge in [-0.3, -0.25) is 14.9 Å². The molecule has 8 heteroatoms. The highest BCUT2D eigenvalue weighted by atomic mass is 32.1. The summed E-state index contributed by atoms with van der Waals surface area (Å²) in [5, 5.41) is 15.5. The first-order chi connectivity index (χ1) is 9.45. The molecule has 0 radical (unpaired) electrons. The number of nitro groups is 1. The number of nitro benzene ring substituents is 1. The third kappa shape index (κ3) is 3.29. The van der Waals surface area contributed by atoms with Gasteiger partial charge in [0.25, 0.3) is 5.69 Å². The average Bonchev–Trinajstić information content (AvgIpc) is 2.74. The van der Waals surface area contributed by atoms with Crippen molar-refractivity contribution in [2.24, 2.45) is 0 Å². The van der Waals surface area contributed by atoms with Crippen LogP contribution >= 0.6 is 11.3 Å². The molecule has 1 heterocycles. The third-order valence-electron chi connectivity index (χ3n) is 2.53. The number of aryl methyl sites for hydroxylation is 1. The summed E-state index contributed by atoms with van der Waals surface area (Å²) in [4.78, 5) is 26.2. The van der Waals surface area contributed by atoms with Gasteiger partial charge in [-0.25, -0.2) is 4.98 Å². The van der Waals surface area contributed by atoms with Crippen LogP contribution in [0, 0.1) is 17.0 Å². The van der Waals surface area contributed by atoms with Gasteiger partial charge >= 0.3 is 0 Å². The molecular formula is C12H12N4O3S. The Labute approximate surface area is 118 Å². The number of amides is 1. The minimum absolute atomic E-state index is 0.0266. The maximum atomic E-state index is 11.9. The van der Waals surface area contributed by atoms with Crippen molar-refractivity contribution < 1.29 is 9.72 Å². The minimum Gasteiger partial charge on any atom is -0.375 e. The topological polar surface area (TPSA) is 111 Å². The van der Waals surface area contributed by atoms with E-state index in [0.29, 0.717) is 10.8 Å². The predicted molar refractivity (Wildman–Crippen MR) is 76.7 cm³/mol. The quantitative estimate of drug-likeness (QED) is 0.662. The normalized spacial score (nSPS) is 10.2. The third-order valence-corrected chi connectivity index (χ3v) is 3.26. The number of rotatable bonds is 4. The molecule has 20 heavy (non-hydrogen) atoms. The molecule has 1 amide bonds. The Hall–Kier alpha value is -2.48. The van der Waals surface area contributed by atoms with E-state index in [0.717, 1.165) is 5.56 Å². The second-order valence-electron chi connectivity index (χ2n) is 4.18. The lowest BCUT2D eigenvalue weighted by atomic mass is 10.2. The Morgan fingerprint density at radius 1 is 1.55 bits per heavy atom. The maximum absolute atomic E-state index is 11.9. The van der Waals surface area contributed by atoms with Crippen LogP contribution < -0.4 is 11.1 Å². The van der Waals surface area contributed by atoms with Crippen LogP contribution in [0.25, 0.3) is 0 Å². The number of benzene rings is 1. The number of hydrogen-bond acceptors (Lipinski definition) is 6. The fourth-order valence-electron chi connectivity index (χ4n) is 1.67. The molecule has 0 fully saturated rings. The lowest BCUT2D eigenvalue weighted by Gasteiger charge is -2.06. The van der Waals surface area contributed by atoms with Crippen molar-refractivity contribution in [1.29, 1.82) is 0 Å². The molecule has 0 bridgehead atoms. The monoisotopic (exact) mass is 292 g/mol. The van der Waals surface area contributed by atoms with Gasteiger partial charge in [-0.15, -0.1) is 11.3 Å². The average molecular weight is 292 g/mol. The Bertz CT molecular complexity index is 668. The smallest absolute Gasteiger partial charge is 0.292 e. The van der Waals surface area contributed by atoms with Crippen LogP contribution in [0.2, 0.25) is 0 Å². The molecule has 0 aliphatic heterocycles. The van der Waals surface area contributed by atoms with Gasteiger partial charge in [0.1, 0.15) is 5.69 Å². The summed E-state index contributed by atoms with van der Waals surface area (Å²) in [6.07, 6.45) is 0.0266. The van der Waals surface area contributed by atoms with Crippen molar-refractivity contribution >= 4 is 33.8 Å². The lowest BCUT2D eigenvalue weighted by molar-refractivity contribution is -0.383. The van der Waals surface area contributed by atoms with Crippen LogP contribution in [-0.4, -0.2) is 15.8 Å². The highest BCUT2D eigenvalue weighted by Crippen LogP contribution is 2.25. The van der Waals surface area contributed by atoms with Gasteiger partial charge in [-0.1, -0.05) is 6.07 Å². The first-order valence-electron chi connectivity index (χ1n) is 5.70. The van der Waals surface area contributed by atoms with Crippen LogP contribution in [-0.2, 0) is 11.2 Å². The summed E-state index contributed by atoms with van der Waals surface area (Å²) in [5.41, 5.74) is 6.89. The number of anilines is 2. The molecule has 2 rings (SSSR count). The number of aromatic nitrogens is 1. The van der Waals surface area contributed by atoms with Crippen molar-refractivity contribution in [3.05, 3.63) is 45.0 Å². The number of thiazole rings is 1. The number of nitrogens with zero attached hydrogens (tertiary/aromatic N) is 2. The van der Waals surface area contributed by atoms with Crippen molar-refractivity contribution in [1.82, 2.24) is 4.98 Å². The fraction of sp³-hybridized carbons (Fsp3) is 0.167. The van der Waals surface area contributed by atoms with E-state index in [1.54, 1.807) is 24.4 Å². The number of nitrogen functional groups attached to an aromatic ring is 1. The van der Waals surface area contributed by atoms with E-state index in [-0.39, 0.29) is 23.7 Å². The van der Waals surface area contributed by atoms with Crippen LogP contribution in [0.5, 0.6) is 0 Å². The summed E-state index contributed by atoms with van der Waals surface area (Å²) in [6, 6.07) is 4.55. The number of nitrogens with one attached hydrogen (secondary N) is 1. The Morgan fingerprint density at radius 3 is 2.90 bits per heavy atom. The second-order valence-corrected chi connectivity index (χ2v) is 5.07. The Morgan fingerprint density at radius 2 is 2.30 bits per heavy atom. The van der Waals surface area contributed by atoms with Gasteiger partial charge in [0.15, 0.2) is 5.13 Å². The molecule has 0 aliphatic carbocycles. The molecule has 2 aromatic rings. The summed E-state index contributed by atoms with van der Waals surface area (Å²) in [5.74, 6) is -0.371. The first kappa shape index (κ1) is 13.9. The highest BCUT2D eigenvalue weighted by Gasteiger charge is 2.16. The molecule has 7 nitrogen and oxygen atoms in total. The number of hydrogen-bond donors (Lipinski definition) is 2. The molecule has 0 unspecified atom stereocenters. The molecule has 1 aromatic heterocycles. The van der Waals surface area contributed by atoms with E-state index in [2.05, 4.69) is 10.3 Å². The maximum Gasteiger partial charge on any atom is 0.292 e. The van der Waals surface area contributed by atoms with Gasteiger partial charge in [0.2, 0.25) is 5.91 Å². The SMILES string of the molecule is Cc1ccc([N+](=O)[O-])c(NC(=O)Cc2csc(N)n2)c1. The van der Waals surface area contributed by atoms with Gasteiger partial charge in [-0.05, 0) is 18.6 Å². The van der Waals surface area contributed by atoms with Gasteiger partial charge < -0.3 is 11.1 Å². The van der Waals surface area contributed by atoms with Gasteiger partial charge in [0.05, 0.1) is 17.0 Å². The zero-order valence-electron chi connectivity index (χ0n) is 10.6. The van der Waals surface area contributed by atoms with E-state index < -0.39 is 4.92 Å². The van der Waals surface area contributed by atoms with E-state index in [1.165, 1.54) is 17.4 Å². The molecule has 0 aliphatic rings. The number of nitrogens with two attached hydrogens (primary N) is 1. The van der Waals surface area contributed by atoms with E-state index >= 15 is 0 Å². The molecule has 0 atom stereocenters. The summed E-state index contributed by atoms with van der Waals surface area (Å²) in [6.45, 7) is 1.79.